The number of nitrogens with zero attached hydrogens (tertiary/aromatic N) is 5. The topological polar surface area (TPSA) is 72.6 Å². The highest BCUT2D eigenvalue weighted by Gasteiger charge is 2.38. The number of thioether (sulfide) groups is 1. The van der Waals surface area contributed by atoms with Crippen molar-refractivity contribution >= 4 is 46.1 Å². The number of hydrogen-bond donors (Lipinski definition) is 0. The molecule has 0 radical (unpaired) electrons. The van der Waals surface area contributed by atoms with Crippen LogP contribution in [-0.4, -0.2) is 63.9 Å². The van der Waals surface area contributed by atoms with Crippen molar-refractivity contribution < 1.29 is 4.79 Å². The summed E-state index contributed by atoms with van der Waals surface area (Å²) >= 11 is 6.95. The number of likely N-dealkylation sites (N-methyl/N-ethyl adjacent to an activating group) is 1. The number of amides is 1. The molecule has 1 aliphatic carbocycles. The van der Waals surface area contributed by atoms with Crippen LogP contribution in [0.3, 0.4) is 0 Å². The number of carbonyl (C=O) groups is 1. The molecule has 7 nitrogen and oxygen atoms in total. The lowest BCUT2D eigenvalue weighted by atomic mass is 10.0. The van der Waals surface area contributed by atoms with Crippen LogP contribution in [0.2, 0.25) is 0 Å². The number of unbranched alkanes of at least 4 members (excludes halogenated alkanes) is 1. The predicted octanol–water partition coefficient (Wildman–Crippen LogP) is 3.72. The molecule has 3 heterocycles. The van der Waals surface area contributed by atoms with Gasteiger partial charge in [0.25, 0.3) is 11.5 Å². The maximum atomic E-state index is 13.4. The average molecular weight is 500 g/mol. The number of carbonyl (C=O) groups excluding carboxylic acids is 1. The minimum atomic E-state index is -0.238. The molecule has 0 bridgehead atoms. The van der Waals surface area contributed by atoms with Gasteiger partial charge in [-0.25, -0.2) is 0 Å². The molecular formula is C25H33N5O2S2. The van der Waals surface area contributed by atoms with Gasteiger partial charge in [-0.2, -0.15) is 5.26 Å². The van der Waals surface area contributed by atoms with Crippen molar-refractivity contribution in [1.29, 1.82) is 5.26 Å². The second-order valence-corrected chi connectivity index (χ2v) is 11.1. The Bertz CT molecular complexity index is 1110. The molecule has 182 valence electrons. The van der Waals surface area contributed by atoms with Gasteiger partial charge in [0.1, 0.15) is 21.8 Å². The van der Waals surface area contributed by atoms with Gasteiger partial charge in [-0.3, -0.25) is 19.1 Å². The lowest BCUT2D eigenvalue weighted by molar-refractivity contribution is -0.123. The van der Waals surface area contributed by atoms with E-state index in [2.05, 4.69) is 29.8 Å². The zero-order chi connectivity index (χ0) is 24.4. The summed E-state index contributed by atoms with van der Waals surface area (Å²) in [7, 11) is 2.10. The molecule has 0 aromatic carbocycles. The van der Waals surface area contributed by atoms with Gasteiger partial charge < -0.3 is 9.80 Å². The first-order valence-corrected chi connectivity index (χ1v) is 13.5. The average Bonchev–Trinajstić information content (AvgIpc) is 3.43. The molecule has 0 atom stereocenters. The number of aromatic nitrogens is 1. The molecule has 34 heavy (non-hydrogen) atoms. The summed E-state index contributed by atoms with van der Waals surface area (Å²) in [5, 5.41) is 9.84. The lowest BCUT2D eigenvalue weighted by Crippen LogP contribution is -2.47. The summed E-state index contributed by atoms with van der Waals surface area (Å²) in [6.07, 6.45) is 7.91. The van der Waals surface area contributed by atoms with Crippen molar-refractivity contribution in [3.63, 3.8) is 0 Å². The van der Waals surface area contributed by atoms with Crippen LogP contribution >= 0.6 is 24.0 Å². The maximum absolute atomic E-state index is 13.4. The van der Waals surface area contributed by atoms with Crippen LogP contribution in [-0.2, 0) is 11.3 Å². The van der Waals surface area contributed by atoms with Crippen molar-refractivity contribution in [2.45, 2.75) is 65.0 Å². The van der Waals surface area contributed by atoms with Gasteiger partial charge in [0.15, 0.2) is 0 Å². The third-order valence-corrected chi connectivity index (χ3v) is 8.50. The summed E-state index contributed by atoms with van der Waals surface area (Å²) in [6.45, 7) is 7.83. The van der Waals surface area contributed by atoms with E-state index in [-0.39, 0.29) is 23.1 Å². The molecule has 4 rings (SSSR count). The number of pyridine rings is 1. The summed E-state index contributed by atoms with van der Waals surface area (Å²) in [4.78, 5) is 33.7. The van der Waals surface area contributed by atoms with E-state index in [9.17, 15) is 14.9 Å². The minimum Gasteiger partial charge on any atom is -0.355 e. The van der Waals surface area contributed by atoms with Crippen molar-refractivity contribution in [3.05, 3.63) is 31.9 Å². The Morgan fingerprint density at radius 2 is 1.85 bits per heavy atom. The smallest absolute Gasteiger partial charge is 0.270 e. The second kappa shape index (κ2) is 10.6. The second-order valence-electron chi connectivity index (χ2n) is 9.44. The highest BCUT2D eigenvalue weighted by Crippen LogP contribution is 2.39. The Morgan fingerprint density at radius 3 is 2.47 bits per heavy atom. The number of hydrogen-bond acceptors (Lipinski definition) is 7. The standard InChI is InChI=1S/C25H33N5O2S2/c1-4-5-10-29-22(28-13-11-27(3)12-14-28)19(17(2)20(16-26)23(29)31)15-21-24(32)30(25(33)34-21)18-8-6-7-9-18/h15,18H,4-14H2,1-3H3/b21-15+. The van der Waals surface area contributed by atoms with Gasteiger partial charge in [0, 0.05) is 44.3 Å². The summed E-state index contributed by atoms with van der Waals surface area (Å²) in [5.74, 6) is 0.782. The van der Waals surface area contributed by atoms with E-state index < -0.39 is 0 Å². The van der Waals surface area contributed by atoms with E-state index in [1.54, 1.807) is 9.47 Å². The Labute approximate surface area is 211 Å². The van der Waals surface area contributed by atoms with Crippen molar-refractivity contribution in [2.24, 2.45) is 0 Å². The largest absolute Gasteiger partial charge is 0.355 e. The van der Waals surface area contributed by atoms with Crippen molar-refractivity contribution in [3.8, 4) is 6.07 Å². The van der Waals surface area contributed by atoms with Crippen LogP contribution in [0.4, 0.5) is 5.82 Å². The first kappa shape index (κ1) is 25.0. The predicted molar refractivity (Wildman–Crippen MR) is 142 cm³/mol. The van der Waals surface area contributed by atoms with Crippen LogP contribution < -0.4 is 10.5 Å². The molecule has 3 fully saturated rings. The normalized spacial score (nSPS) is 21.2. The Morgan fingerprint density at radius 1 is 1.18 bits per heavy atom. The van der Waals surface area contributed by atoms with E-state index in [0.29, 0.717) is 21.3 Å². The van der Waals surface area contributed by atoms with Crippen LogP contribution in [0, 0.1) is 18.3 Å². The first-order chi connectivity index (χ1) is 16.4. The highest BCUT2D eigenvalue weighted by atomic mass is 32.2. The number of thiocarbonyl (C=S) groups is 1. The fraction of sp³-hybridized carbons (Fsp3) is 0.600. The van der Waals surface area contributed by atoms with Gasteiger partial charge in [0.05, 0.1) is 4.91 Å². The molecule has 0 N–H and O–H groups in total. The van der Waals surface area contributed by atoms with Crippen LogP contribution in [0.15, 0.2) is 9.70 Å². The molecule has 9 heteroatoms. The highest BCUT2D eigenvalue weighted by molar-refractivity contribution is 8.26. The van der Waals surface area contributed by atoms with Crippen LogP contribution in [0.25, 0.3) is 6.08 Å². The molecule has 1 amide bonds. The Balaban J connectivity index is 1.85. The fourth-order valence-electron chi connectivity index (χ4n) is 5.11. The summed E-state index contributed by atoms with van der Waals surface area (Å²) in [5.41, 5.74) is 1.36. The van der Waals surface area contributed by atoms with Gasteiger partial charge in [-0.15, -0.1) is 0 Å². The van der Waals surface area contributed by atoms with E-state index in [1.165, 1.54) is 11.8 Å². The molecule has 3 aliphatic rings. The van der Waals surface area contributed by atoms with Crippen molar-refractivity contribution in [1.82, 2.24) is 14.4 Å². The number of rotatable bonds is 6. The minimum absolute atomic E-state index is 0.0459. The van der Waals surface area contributed by atoms with Gasteiger partial charge in [-0.1, -0.05) is 50.2 Å². The maximum Gasteiger partial charge on any atom is 0.270 e. The zero-order valence-electron chi connectivity index (χ0n) is 20.3. The van der Waals surface area contributed by atoms with Crippen LogP contribution in [0.5, 0.6) is 0 Å². The lowest BCUT2D eigenvalue weighted by Gasteiger charge is -2.36. The van der Waals surface area contributed by atoms with E-state index in [1.807, 2.05) is 13.0 Å². The van der Waals surface area contributed by atoms with E-state index >= 15 is 0 Å². The monoisotopic (exact) mass is 499 g/mol. The molecule has 2 saturated heterocycles. The van der Waals surface area contributed by atoms with Gasteiger partial charge in [0.2, 0.25) is 0 Å². The molecule has 1 aromatic heterocycles. The molecule has 0 spiro atoms. The van der Waals surface area contributed by atoms with Crippen molar-refractivity contribution in [2.75, 3.05) is 38.1 Å². The van der Waals surface area contributed by atoms with E-state index in [4.69, 9.17) is 12.2 Å². The SMILES string of the molecule is CCCCn1c(N2CCN(C)CC2)c(/C=C2/SC(=S)N(C3CCCC3)C2=O)c(C)c(C#N)c1=O. The molecule has 0 unspecified atom stereocenters. The van der Waals surface area contributed by atoms with Gasteiger partial charge >= 0.3 is 0 Å². The Hall–Kier alpha value is -2.15. The zero-order valence-corrected chi connectivity index (χ0v) is 21.9. The molecule has 2 aliphatic heterocycles. The fourth-order valence-corrected chi connectivity index (χ4v) is 6.50. The third kappa shape index (κ3) is 4.68. The van der Waals surface area contributed by atoms with Crippen LogP contribution in [0.1, 0.15) is 62.1 Å². The number of nitriles is 1. The summed E-state index contributed by atoms with van der Waals surface area (Å²) < 4.78 is 2.38. The third-order valence-electron chi connectivity index (χ3n) is 7.17. The summed E-state index contributed by atoms with van der Waals surface area (Å²) in [6, 6.07) is 2.32. The molecule has 1 aromatic rings. The number of piperazine rings is 1. The van der Waals surface area contributed by atoms with E-state index in [0.717, 1.165) is 76.1 Å². The molecule has 1 saturated carbocycles. The Kier molecular flexibility index (Phi) is 7.80. The number of anilines is 1. The molecular weight excluding hydrogens is 466 g/mol. The quantitative estimate of drug-likeness (QED) is 0.436. The first-order valence-electron chi connectivity index (χ1n) is 12.2. The van der Waals surface area contributed by atoms with Gasteiger partial charge in [-0.05, 0) is 44.9 Å².